The van der Waals surface area contributed by atoms with Crippen LogP contribution in [0, 0.1) is 0 Å². The summed E-state index contributed by atoms with van der Waals surface area (Å²) >= 11 is 0. The summed E-state index contributed by atoms with van der Waals surface area (Å²) in [5, 5.41) is 36.4. The fraction of sp³-hybridized carbons (Fsp3) is 0.548. The Bertz CT molecular complexity index is 2720. The number of likely N-dealkylation sites (N-methyl/N-ethyl adjacent to an activating group) is 2. The van der Waals surface area contributed by atoms with Crippen LogP contribution in [0.5, 0.6) is 0 Å². The third-order valence-corrected chi connectivity index (χ3v) is 17.3. The molecule has 82 heavy (non-hydrogen) atoms. The largest absolute Gasteiger partial charge is 0.343 e. The molecule has 9 rings (SSSR count). The Hall–Kier alpha value is -7.32. The number of fused-ring (bicyclic) bond motifs is 2. The predicted octanol–water partition coefficient (Wildman–Crippen LogP) is 5.38. The molecule has 0 aliphatic carbocycles. The smallest absolute Gasteiger partial charge is 0.246 e. The van der Waals surface area contributed by atoms with Crippen molar-refractivity contribution in [3.63, 3.8) is 0 Å². The van der Waals surface area contributed by atoms with Crippen LogP contribution >= 0.6 is 0 Å². The zero-order chi connectivity index (χ0) is 57.5. The second kappa shape index (κ2) is 28.6. The van der Waals surface area contributed by atoms with Crippen molar-refractivity contribution in [3.8, 4) is 0 Å². The summed E-state index contributed by atoms with van der Waals surface area (Å²) in [5.74, 6) is -1.31. The molecule has 4 saturated heterocycles. The molecule has 0 spiro atoms. The van der Waals surface area contributed by atoms with Gasteiger partial charge in [-0.25, -0.2) is 0 Å². The van der Waals surface area contributed by atoms with Crippen molar-refractivity contribution in [1.29, 1.82) is 0 Å². The van der Waals surface area contributed by atoms with Gasteiger partial charge in [-0.3, -0.25) is 38.1 Å². The summed E-state index contributed by atoms with van der Waals surface area (Å²) in [6.07, 6.45) is 18.2. The zero-order valence-corrected chi connectivity index (χ0v) is 48.2. The lowest BCUT2D eigenvalue weighted by Crippen LogP contribution is -2.58. The molecule has 6 N–H and O–H groups in total. The third kappa shape index (κ3) is 14.8. The molecule has 10 atom stereocenters. The van der Waals surface area contributed by atoms with Crippen molar-refractivity contribution >= 4 is 35.4 Å². The molecule has 4 fully saturated rings. The SMILES string of the molecule is CNC(C)C(=O)N[C@H]1CCCC[C@H]2CC[C@@H](C(=O)N[C@@H](c3ccccc3)c3cn(CCCCc4ccc(CCCCn5cc([C@@H](NC(=O)[C@@H]6CC[C@@H]7CCCC[C@H](NC(=O)C(C)NC)C(=O)N76)c6ccccc6)nn5)cc4)nn3)N2C1=O. The standard InChI is InChI=1S/C62H84N14O6/c1-41(63-3)57(77)65-49-27-13-11-25-47-33-35-53(75(47)61(49)81)59(79)67-55(45-21-7-5-8-22-45)51-39-73(71-69-51)37-17-15-19-43-29-31-44(32-30-43)20-16-18-38-74-40-52(70-72-74)56(46-23-9-6-10-24-46)68-60(80)54-36-34-48-26-12-14-28-50(62(82)76(48)54)66-58(78)42(2)64-4/h5-10,21-24,29-32,39-42,47-50,53-56,63-64H,11-20,25-28,33-38H2,1-4H3,(H,65,77)(H,66,78)(H,67,79)(H,68,80)/t41?,42?,47-,48-,49-,50-,53-,54-,55-,56-/m0/s1. The van der Waals surface area contributed by atoms with E-state index < -0.39 is 48.3 Å². The Morgan fingerprint density at radius 1 is 0.512 bits per heavy atom. The van der Waals surface area contributed by atoms with Gasteiger partial charge in [0, 0.05) is 25.2 Å². The summed E-state index contributed by atoms with van der Waals surface area (Å²) in [6.45, 7) is 4.86. The number of carbonyl (C=O) groups excluding carboxylic acids is 6. The first kappa shape index (κ1) is 59.3. The van der Waals surface area contributed by atoms with Crippen molar-refractivity contribution in [3.05, 3.63) is 131 Å². The van der Waals surface area contributed by atoms with E-state index in [0.717, 1.165) is 101 Å². The average molecular weight is 1120 g/mol. The summed E-state index contributed by atoms with van der Waals surface area (Å²) in [5.41, 5.74) is 5.53. The Labute approximate surface area is 482 Å². The third-order valence-electron chi connectivity index (χ3n) is 17.3. The van der Waals surface area contributed by atoms with Gasteiger partial charge in [0.2, 0.25) is 35.4 Å². The van der Waals surface area contributed by atoms with Gasteiger partial charge < -0.3 is 41.7 Å². The minimum Gasteiger partial charge on any atom is -0.343 e. The van der Waals surface area contributed by atoms with Crippen LogP contribution in [0.1, 0.15) is 162 Å². The van der Waals surface area contributed by atoms with Crippen molar-refractivity contribution < 1.29 is 28.8 Å². The maximum absolute atomic E-state index is 14.3. The summed E-state index contributed by atoms with van der Waals surface area (Å²) in [6, 6.07) is 23.5. The maximum Gasteiger partial charge on any atom is 0.246 e. The van der Waals surface area contributed by atoms with E-state index in [0.29, 0.717) is 50.2 Å². The lowest BCUT2D eigenvalue weighted by Gasteiger charge is -2.36. The van der Waals surface area contributed by atoms with Crippen LogP contribution in [0.15, 0.2) is 97.3 Å². The highest BCUT2D eigenvalue weighted by atomic mass is 16.2. The number of hydrogen-bond donors (Lipinski definition) is 6. The molecule has 20 nitrogen and oxygen atoms in total. The monoisotopic (exact) mass is 1120 g/mol. The predicted molar refractivity (Wildman–Crippen MR) is 310 cm³/mol. The van der Waals surface area contributed by atoms with Gasteiger partial charge in [-0.15, -0.1) is 10.2 Å². The van der Waals surface area contributed by atoms with Gasteiger partial charge in [-0.05, 0) is 140 Å². The molecule has 5 aromatic rings. The van der Waals surface area contributed by atoms with Crippen LogP contribution in [-0.4, -0.2) is 138 Å². The Morgan fingerprint density at radius 3 is 1.29 bits per heavy atom. The van der Waals surface area contributed by atoms with Crippen LogP contribution in [0.2, 0.25) is 0 Å². The van der Waals surface area contributed by atoms with Crippen LogP contribution in [-0.2, 0) is 54.7 Å². The van der Waals surface area contributed by atoms with E-state index in [9.17, 15) is 28.8 Å². The molecule has 6 amide bonds. The number of nitrogens with one attached hydrogen (secondary N) is 6. The molecule has 3 aromatic carbocycles. The second-order valence-corrected chi connectivity index (χ2v) is 22.9. The highest BCUT2D eigenvalue weighted by molar-refractivity contribution is 5.95. The first-order chi connectivity index (χ1) is 39.9. The molecule has 2 unspecified atom stereocenters. The molecule has 0 saturated carbocycles. The Morgan fingerprint density at radius 2 is 0.902 bits per heavy atom. The van der Waals surface area contributed by atoms with Gasteiger partial charge in [0.1, 0.15) is 35.6 Å². The highest BCUT2D eigenvalue weighted by Gasteiger charge is 2.46. The molecule has 2 aromatic heterocycles. The van der Waals surface area contributed by atoms with Gasteiger partial charge in [-0.2, -0.15) is 0 Å². The fourth-order valence-corrected chi connectivity index (χ4v) is 12.3. The molecule has 4 aliphatic heterocycles. The molecule has 6 heterocycles. The Kier molecular flexibility index (Phi) is 20.7. The molecular weight excluding hydrogens is 1040 g/mol. The van der Waals surface area contributed by atoms with Gasteiger partial charge in [0.25, 0.3) is 0 Å². The van der Waals surface area contributed by atoms with E-state index in [-0.39, 0.29) is 47.5 Å². The van der Waals surface area contributed by atoms with Crippen LogP contribution < -0.4 is 31.9 Å². The van der Waals surface area contributed by atoms with Gasteiger partial charge in [0.05, 0.1) is 36.6 Å². The second-order valence-electron chi connectivity index (χ2n) is 22.9. The normalized spacial score (nSPS) is 22.5. The van der Waals surface area contributed by atoms with Crippen molar-refractivity contribution in [1.82, 2.24) is 71.7 Å². The van der Waals surface area contributed by atoms with E-state index in [1.807, 2.05) is 82.4 Å². The maximum atomic E-state index is 14.3. The van der Waals surface area contributed by atoms with Crippen molar-refractivity contribution in [2.75, 3.05) is 14.1 Å². The zero-order valence-electron chi connectivity index (χ0n) is 48.2. The topological polar surface area (TPSA) is 242 Å². The van der Waals surface area contributed by atoms with Crippen LogP contribution in [0.4, 0.5) is 0 Å². The van der Waals surface area contributed by atoms with Gasteiger partial charge in [-0.1, -0.05) is 121 Å². The number of unbranched alkanes of at least 4 members (excludes halogenated alkanes) is 2. The Balaban J connectivity index is 0.734. The van der Waals surface area contributed by atoms with E-state index in [4.69, 9.17) is 0 Å². The summed E-state index contributed by atoms with van der Waals surface area (Å²) in [7, 11) is 3.43. The fourth-order valence-electron chi connectivity index (χ4n) is 12.3. The minimum atomic E-state index is -0.676. The molecule has 0 bridgehead atoms. The van der Waals surface area contributed by atoms with Gasteiger partial charge in [0.15, 0.2) is 0 Å². The number of benzene rings is 3. The number of carbonyl (C=O) groups is 6. The molecule has 20 heteroatoms. The summed E-state index contributed by atoms with van der Waals surface area (Å²) < 4.78 is 3.68. The van der Waals surface area contributed by atoms with Gasteiger partial charge >= 0.3 is 0 Å². The first-order valence-corrected chi connectivity index (χ1v) is 30.1. The van der Waals surface area contributed by atoms with Crippen LogP contribution in [0.3, 0.4) is 0 Å². The minimum absolute atomic E-state index is 0.0483. The number of aryl methyl sites for hydroxylation is 4. The van der Waals surface area contributed by atoms with E-state index in [1.54, 1.807) is 37.7 Å². The lowest BCUT2D eigenvalue weighted by atomic mass is 9.98. The number of amides is 6. The quantitative estimate of drug-likeness (QED) is 0.0427. The first-order valence-electron chi connectivity index (χ1n) is 30.1. The number of aromatic nitrogens is 6. The van der Waals surface area contributed by atoms with Crippen LogP contribution in [0.25, 0.3) is 0 Å². The van der Waals surface area contributed by atoms with E-state index in [2.05, 4.69) is 76.8 Å². The van der Waals surface area contributed by atoms with Crippen molar-refractivity contribution in [2.45, 2.75) is 203 Å². The van der Waals surface area contributed by atoms with E-state index >= 15 is 0 Å². The molecular formula is C62H84N14O6. The lowest BCUT2D eigenvalue weighted by molar-refractivity contribution is -0.144. The number of nitrogens with zero attached hydrogens (tertiary/aromatic N) is 8. The number of rotatable bonds is 24. The average Bonchev–Trinajstić information content (AvgIpc) is 4.39. The number of hydrogen-bond acceptors (Lipinski definition) is 12. The van der Waals surface area contributed by atoms with Crippen molar-refractivity contribution in [2.24, 2.45) is 0 Å². The molecule has 438 valence electrons. The highest BCUT2D eigenvalue weighted by Crippen LogP contribution is 2.34. The van der Waals surface area contributed by atoms with E-state index in [1.165, 1.54) is 11.1 Å². The molecule has 0 radical (unpaired) electrons. The molecule has 4 aliphatic rings. The summed E-state index contributed by atoms with van der Waals surface area (Å²) in [4.78, 5) is 86.0.